The van der Waals surface area contributed by atoms with Gasteiger partial charge in [-0.1, -0.05) is 58.4 Å². The summed E-state index contributed by atoms with van der Waals surface area (Å²) in [7, 11) is 1.65. The number of ether oxygens (including phenoxy) is 1. The first-order valence-electron chi connectivity index (χ1n) is 9.35. The van der Waals surface area contributed by atoms with Gasteiger partial charge in [-0.25, -0.2) is 15.4 Å². The summed E-state index contributed by atoms with van der Waals surface area (Å²) in [5.41, 5.74) is 7.53. The lowest BCUT2D eigenvalue weighted by Gasteiger charge is -2.09. The van der Waals surface area contributed by atoms with Gasteiger partial charge in [0.1, 0.15) is 5.75 Å². The molecule has 4 aromatic rings. The van der Waals surface area contributed by atoms with Crippen LogP contribution in [0, 0.1) is 0 Å². The minimum Gasteiger partial charge on any atom is -0.497 e. The molecule has 5 nitrogen and oxygen atoms in total. The highest BCUT2D eigenvalue weighted by Crippen LogP contribution is 2.26. The highest BCUT2D eigenvalue weighted by Gasteiger charge is 2.08. The standard InChI is InChI=1S/C24H19BrN4O/c1-30-21-13-9-19(10-14-21)23-15-22(18-5-3-2-4-6-18)27-24(28-23)29-26-16-17-7-11-20(25)12-8-17/h2-16H,1H3,(H,27,28,29). The first-order valence-corrected chi connectivity index (χ1v) is 10.1. The van der Waals surface area contributed by atoms with Gasteiger partial charge < -0.3 is 4.74 Å². The van der Waals surface area contributed by atoms with Gasteiger partial charge in [-0.3, -0.25) is 0 Å². The van der Waals surface area contributed by atoms with Gasteiger partial charge in [0, 0.05) is 15.6 Å². The van der Waals surface area contributed by atoms with E-state index in [0.29, 0.717) is 5.95 Å². The predicted molar refractivity (Wildman–Crippen MR) is 125 cm³/mol. The van der Waals surface area contributed by atoms with Crippen molar-refractivity contribution in [2.45, 2.75) is 0 Å². The van der Waals surface area contributed by atoms with E-state index >= 15 is 0 Å². The van der Waals surface area contributed by atoms with Crippen LogP contribution in [0.15, 0.2) is 94.5 Å². The number of halogens is 1. The summed E-state index contributed by atoms with van der Waals surface area (Å²) in [6.07, 6.45) is 1.73. The van der Waals surface area contributed by atoms with Gasteiger partial charge in [0.15, 0.2) is 0 Å². The SMILES string of the molecule is COc1ccc(-c2cc(-c3ccccc3)nc(NN=Cc3ccc(Br)cc3)n2)cc1. The van der Waals surface area contributed by atoms with Gasteiger partial charge in [0.05, 0.1) is 24.7 Å². The lowest BCUT2D eigenvalue weighted by Crippen LogP contribution is -2.00. The molecule has 0 saturated carbocycles. The average molecular weight is 459 g/mol. The second-order valence-electron chi connectivity index (χ2n) is 6.48. The van der Waals surface area contributed by atoms with Gasteiger partial charge in [0.2, 0.25) is 5.95 Å². The minimum atomic E-state index is 0.426. The van der Waals surface area contributed by atoms with Crippen LogP contribution in [0.2, 0.25) is 0 Å². The minimum absolute atomic E-state index is 0.426. The van der Waals surface area contributed by atoms with Crippen LogP contribution in [0.5, 0.6) is 5.75 Å². The van der Waals surface area contributed by atoms with E-state index in [4.69, 9.17) is 4.74 Å². The summed E-state index contributed by atoms with van der Waals surface area (Å²) >= 11 is 3.43. The number of methoxy groups -OCH3 is 1. The van der Waals surface area contributed by atoms with Crippen LogP contribution in [0.4, 0.5) is 5.95 Å². The summed E-state index contributed by atoms with van der Waals surface area (Å²) in [6.45, 7) is 0. The molecule has 0 atom stereocenters. The Labute approximate surface area is 183 Å². The fraction of sp³-hybridized carbons (Fsp3) is 0.0417. The van der Waals surface area contributed by atoms with Crippen LogP contribution in [-0.2, 0) is 0 Å². The van der Waals surface area contributed by atoms with Crippen molar-refractivity contribution in [2.24, 2.45) is 5.10 Å². The Morgan fingerprint density at radius 2 is 1.47 bits per heavy atom. The second kappa shape index (κ2) is 9.33. The largest absolute Gasteiger partial charge is 0.497 e. The molecule has 1 N–H and O–H groups in total. The lowest BCUT2D eigenvalue weighted by molar-refractivity contribution is 0.415. The van der Waals surface area contributed by atoms with Crippen molar-refractivity contribution in [3.05, 3.63) is 95.0 Å². The Morgan fingerprint density at radius 1 is 0.833 bits per heavy atom. The number of hydrogen-bond acceptors (Lipinski definition) is 5. The number of hydrazone groups is 1. The molecule has 3 aromatic carbocycles. The molecule has 0 bridgehead atoms. The molecule has 0 aliphatic carbocycles. The van der Waals surface area contributed by atoms with Crippen LogP contribution >= 0.6 is 15.9 Å². The van der Waals surface area contributed by atoms with Gasteiger partial charge in [0.25, 0.3) is 0 Å². The van der Waals surface area contributed by atoms with E-state index in [2.05, 4.69) is 36.4 Å². The number of aromatic nitrogens is 2. The monoisotopic (exact) mass is 458 g/mol. The van der Waals surface area contributed by atoms with E-state index in [-0.39, 0.29) is 0 Å². The van der Waals surface area contributed by atoms with Crippen LogP contribution in [0.25, 0.3) is 22.5 Å². The molecule has 0 fully saturated rings. The molecule has 0 unspecified atom stereocenters. The number of nitrogens with one attached hydrogen (secondary N) is 1. The molecule has 0 spiro atoms. The molecule has 1 aromatic heterocycles. The second-order valence-corrected chi connectivity index (χ2v) is 7.39. The third kappa shape index (κ3) is 4.90. The zero-order valence-electron chi connectivity index (χ0n) is 16.3. The Balaban J connectivity index is 1.67. The molecule has 1 heterocycles. The average Bonchev–Trinajstić information content (AvgIpc) is 2.81. The van der Waals surface area contributed by atoms with E-state index in [9.17, 15) is 0 Å². The van der Waals surface area contributed by atoms with Crippen LogP contribution < -0.4 is 10.2 Å². The molecule has 4 rings (SSSR count). The number of anilines is 1. The van der Waals surface area contributed by atoms with Crippen LogP contribution in [-0.4, -0.2) is 23.3 Å². The first kappa shape index (κ1) is 19.8. The van der Waals surface area contributed by atoms with E-state index in [1.807, 2.05) is 84.9 Å². The summed E-state index contributed by atoms with van der Waals surface area (Å²) in [5.74, 6) is 1.23. The molecule has 0 radical (unpaired) electrons. The van der Waals surface area contributed by atoms with Crippen molar-refractivity contribution in [3.8, 4) is 28.3 Å². The molecular formula is C24H19BrN4O. The quantitative estimate of drug-likeness (QED) is 0.283. The van der Waals surface area contributed by atoms with E-state index < -0.39 is 0 Å². The normalized spacial score (nSPS) is 10.9. The van der Waals surface area contributed by atoms with Crippen molar-refractivity contribution >= 4 is 28.1 Å². The molecule has 6 heteroatoms. The molecule has 0 aliphatic rings. The number of nitrogens with zero attached hydrogens (tertiary/aromatic N) is 3. The van der Waals surface area contributed by atoms with E-state index in [1.54, 1.807) is 13.3 Å². The summed E-state index contributed by atoms with van der Waals surface area (Å²) in [4.78, 5) is 9.29. The van der Waals surface area contributed by atoms with Crippen molar-refractivity contribution in [2.75, 3.05) is 12.5 Å². The highest BCUT2D eigenvalue weighted by atomic mass is 79.9. The van der Waals surface area contributed by atoms with Crippen molar-refractivity contribution in [1.82, 2.24) is 9.97 Å². The lowest BCUT2D eigenvalue weighted by atomic mass is 10.1. The van der Waals surface area contributed by atoms with Gasteiger partial charge >= 0.3 is 0 Å². The molecule has 0 saturated heterocycles. The molecular weight excluding hydrogens is 440 g/mol. The van der Waals surface area contributed by atoms with Crippen molar-refractivity contribution in [1.29, 1.82) is 0 Å². The van der Waals surface area contributed by atoms with Crippen molar-refractivity contribution < 1.29 is 4.74 Å². The maximum atomic E-state index is 5.26. The molecule has 0 aliphatic heterocycles. The summed E-state index contributed by atoms with van der Waals surface area (Å²) < 4.78 is 6.28. The topological polar surface area (TPSA) is 59.4 Å². The maximum Gasteiger partial charge on any atom is 0.244 e. The smallest absolute Gasteiger partial charge is 0.244 e. The molecule has 148 valence electrons. The summed E-state index contributed by atoms with van der Waals surface area (Å²) in [5, 5.41) is 4.30. The Hall–Kier alpha value is -3.51. The third-order valence-corrected chi connectivity index (χ3v) is 4.96. The fourth-order valence-corrected chi connectivity index (χ4v) is 3.14. The van der Waals surface area contributed by atoms with Gasteiger partial charge in [-0.2, -0.15) is 5.10 Å². The zero-order chi connectivity index (χ0) is 20.8. The van der Waals surface area contributed by atoms with Crippen LogP contribution in [0.1, 0.15) is 5.56 Å². The van der Waals surface area contributed by atoms with Crippen molar-refractivity contribution in [3.63, 3.8) is 0 Å². The van der Waals surface area contributed by atoms with Gasteiger partial charge in [-0.05, 0) is 48.0 Å². The Kier molecular flexibility index (Phi) is 6.15. The Morgan fingerprint density at radius 3 is 2.10 bits per heavy atom. The zero-order valence-corrected chi connectivity index (χ0v) is 17.9. The fourth-order valence-electron chi connectivity index (χ4n) is 2.88. The number of hydrogen-bond donors (Lipinski definition) is 1. The number of rotatable bonds is 6. The van der Waals surface area contributed by atoms with Gasteiger partial charge in [-0.15, -0.1) is 0 Å². The first-order chi connectivity index (χ1) is 14.7. The van der Waals surface area contributed by atoms with E-state index in [0.717, 1.165) is 38.3 Å². The molecule has 0 amide bonds. The molecule has 30 heavy (non-hydrogen) atoms. The highest BCUT2D eigenvalue weighted by molar-refractivity contribution is 9.10. The number of benzene rings is 3. The maximum absolute atomic E-state index is 5.26. The van der Waals surface area contributed by atoms with Crippen LogP contribution in [0.3, 0.4) is 0 Å². The predicted octanol–water partition coefficient (Wildman–Crippen LogP) is 6.03. The Bertz CT molecular complexity index is 1140. The van der Waals surface area contributed by atoms with E-state index in [1.165, 1.54) is 0 Å². The third-order valence-electron chi connectivity index (χ3n) is 4.43. The summed E-state index contributed by atoms with van der Waals surface area (Å²) in [6, 6.07) is 27.6.